The first-order valence-electron chi connectivity index (χ1n) is 7.76. The van der Waals surface area contributed by atoms with Crippen LogP contribution >= 0.6 is 0 Å². The summed E-state index contributed by atoms with van der Waals surface area (Å²) in [7, 11) is 0. The minimum atomic E-state index is 0.0874. The fourth-order valence-electron chi connectivity index (χ4n) is 3.48. The van der Waals surface area contributed by atoms with E-state index in [0.717, 1.165) is 31.8 Å². The first kappa shape index (κ1) is 13.9. The van der Waals surface area contributed by atoms with E-state index < -0.39 is 0 Å². The van der Waals surface area contributed by atoms with Crippen molar-refractivity contribution in [1.82, 2.24) is 10.2 Å². The summed E-state index contributed by atoms with van der Waals surface area (Å²) < 4.78 is 0. The zero-order valence-corrected chi connectivity index (χ0v) is 12.0. The van der Waals surface area contributed by atoms with Crippen molar-refractivity contribution in [3.05, 3.63) is 0 Å². The third-order valence-corrected chi connectivity index (χ3v) is 4.59. The molecule has 0 aromatic heterocycles. The molecular formula is C15H28N2O. The number of piperidine rings is 1. The molecular weight excluding hydrogens is 224 g/mol. The van der Waals surface area contributed by atoms with Gasteiger partial charge in [-0.1, -0.05) is 26.7 Å². The van der Waals surface area contributed by atoms with E-state index in [1.165, 1.54) is 32.1 Å². The van der Waals surface area contributed by atoms with E-state index in [9.17, 15) is 4.79 Å². The van der Waals surface area contributed by atoms with Crippen LogP contribution in [0, 0.1) is 5.92 Å². The predicted molar refractivity (Wildman–Crippen MR) is 74.4 cm³/mol. The highest BCUT2D eigenvalue weighted by Gasteiger charge is 2.33. The third kappa shape index (κ3) is 3.25. The van der Waals surface area contributed by atoms with Crippen LogP contribution in [-0.2, 0) is 4.79 Å². The molecule has 1 saturated carbocycles. The molecule has 3 unspecified atom stereocenters. The Kier molecular flexibility index (Phi) is 5.04. The largest absolute Gasteiger partial charge is 0.338 e. The molecule has 1 heterocycles. The Morgan fingerprint density at radius 2 is 2.00 bits per heavy atom. The van der Waals surface area contributed by atoms with Gasteiger partial charge in [0.1, 0.15) is 0 Å². The van der Waals surface area contributed by atoms with Crippen molar-refractivity contribution in [2.75, 3.05) is 13.1 Å². The predicted octanol–water partition coefficient (Wildman–Crippen LogP) is 2.56. The molecule has 0 bridgehead atoms. The van der Waals surface area contributed by atoms with Crippen LogP contribution in [0.4, 0.5) is 0 Å². The van der Waals surface area contributed by atoms with Gasteiger partial charge in [-0.05, 0) is 44.6 Å². The van der Waals surface area contributed by atoms with Gasteiger partial charge in [0.2, 0.25) is 5.91 Å². The number of carbonyl (C=O) groups excluding carboxylic acids is 1. The normalized spacial score (nSPS) is 34.4. The van der Waals surface area contributed by atoms with Gasteiger partial charge in [-0.2, -0.15) is 0 Å². The molecule has 1 N–H and O–H groups in total. The van der Waals surface area contributed by atoms with Gasteiger partial charge in [-0.15, -0.1) is 0 Å². The van der Waals surface area contributed by atoms with E-state index in [-0.39, 0.29) is 6.04 Å². The number of likely N-dealkylation sites (tertiary alicyclic amines) is 1. The number of carbonyl (C=O) groups is 1. The van der Waals surface area contributed by atoms with Gasteiger partial charge >= 0.3 is 0 Å². The van der Waals surface area contributed by atoms with Crippen LogP contribution in [0.1, 0.15) is 58.8 Å². The highest BCUT2D eigenvalue weighted by Crippen LogP contribution is 2.28. The summed E-state index contributed by atoms with van der Waals surface area (Å²) in [5.41, 5.74) is 0. The van der Waals surface area contributed by atoms with Crippen LogP contribution in [0.3, 0.4) is 0 Å². The molecule has 3 heteroatoms. The SMILES string of the molecule is CCNC1CCCN(C2CCCC(C)CC2)C1=O. The van der Waals surface area contributed by atoms with Gasteiger partial charge < -0.3 is 10.2 Å². The van der Waals surface area contributed by atoms with Crippen molar-refractivity contribution in [2.24, 2.45) is 5.92 Å². The maximum atomic E-state index is 12.5. The van der Waals surface area contributed by atoms with Crippen molar-refractivity contribution in [3.8, 4) is 0 Å². The maximum absolute atomic E-state index is 12.5. The zero-order valence-electron chi connectivity index (χ0n) is 12.0. The molecule has 0 aromatic carbocycles. The Bertz CT molecular complexity index is 278. The third-order valence-electron chi connectivity index (χ3n) is 4.59. The molecule has 1 saturated heterocycles. The summed E-state index contributed by atoms with van der Waals surface area (Å²) in [5, 5.41) is 3.34. The first-order chi connectivity index (χ1) is 8.72. The standard InChI is InChI=1S/C15H28N2O/c1-3-16-14-8-5-11-17(15(14)18)13-7-4-6-12(2)9-10-13/h12-14,16H,3-11H2,1-2H3. The quantitative estimate of drug-likeness (QED) is 0.783. The number of hydrogen-bond acceptors (Lipinski definition) is 2. The van der Waals surface area contributed by atoms with Gasteiger partial charge in [0, 0.05) is 12.6 Å². The van der Waals surface area contributed by atoms with Crippen molar-refractivity contribution < 1.29 is 4.79 Å². The van der Waals surface area contributed by atoms with Gasteiger partial charge in [0.15, 0.2) is 0 Å². The lowest BCUT2D eigenvalue weighted by atomic mass is 9.98. The topological polar surface area (TPSA) is 32.3 Å². The van der Waals surface area contributed by atoms with Gasteiger partial charge in [0.05, 0.1) is 6.04 Å². The monoisotopic (exact) mass is 252 g/mol. The van der Waals surface area contributed by atoms with Crippen LogP contribution in [0.2, 0.25) is 0 Å². The van der Waals surface area contributed by atoms with E-state index in [4.69, 9.17) is 0 Å². The van der Waals surface area contributed by atoms with Crippen LogP contribution in [0.25, 0.3) is 0 Å². The van der Waals surface area contributed by atoms with Crippen molar-refractivity contribution in [1.29, 1.82) is 0 Å². The van der Waals surface area contributed by atoms with Crippen molar-refractivity contribution in [3.63, 3.8) is 0 Å². The highest BCUT2D eigenvalue weighted by atomic mass is 16.2. The number of likely N-dealkylation sites (N-methyl/N-ethyl adjacent to an activating group) is 1. The Balaban J connectivity index is 1.96. The number of nitrogens with zero attached hydrogens (tertiary/aromatic N) is 1. The van der Waals surface area contributed by atoms with Gasteiger partial charge in [-0.3, -0.25) is 4.79 Å². The lowest BCUT2D eigenvalue weighted by Gasteiger charge is -2.38. The maximum Gasteiger partial charge on any atom is 0.239 e. The minimum absolute atomic E-state index is 0.0874. The van der Waals surface area contributed by atoms with E-state index in [0.29, 0.717) is 11.9 Å². The van der Waals surface area contributed by atoms with E-state index in [1.54, 1.807) is 0 Å². The lowest BCUT2D eigenvalue weighted by Crippen LogP contribution is -2.54. The van der Waals surface area contributed by atoms with Crippen LogP contribution in [-0.4, -0.2) is 36.0 Å². The molecule has 0 radical (unpaired) electrons. The summed E-state index contributed by atoms with van der Waals surface area (Å²) in [6.45, 7) is 6.31. The molecule has 2 aliphatic rings. The molecule has 1 aliphatic heterocycles. The summed E-state index contributed by atoms with van der Waals surface area (Å²) in [6.07, 6.45) is 8.54. The first-order valence-corrected chi connectivity index (χ1v) is 7.76. The second-order valence-electron chi connectivity index (χ2n) is 6.05. The Morgan fingerprint density at radius 3 is 2.78 bits per heavy atom. The fraction of sp³-hybridized carbons (Fsp3) is 0.933. The Labute approximate surface area is 111 Å². The van der Waals surface area contributed by atoms with Gasteiger partial charge in [0.25, 0.3) is 0 Å². The average Bonchev–Trinajstić information content (AvgIpc) is 2.57. The van der Waals surface area contributed by atoms with Crippen LogP contribution in [0.5, 0.6) is 0 Å². The van der Waals surface area contributed by atoms with E-state index in [1.807, 2.05) is 0 Å². The average molecular weight is 252 g/mol. The number of rotatable bonds is 3. The summed E-state index contributed by atoms with van der Waals surface area (Å²) in [6, 6.07) is 0.605. The van der Waals surface area contributed by atoms with Crippen molar-refractivity contribution >= 4 is 5.91 Å². The highest BCUT2D eigenvalue weighted by molar-refractivity contribution is 5.82. The second-order valence-corrected chi connectivity index (χ2v) is 6.05. The molecule has 0 spiro atoms. The van der Waals surface area contributed by atoms with Crippen molar-refractivity contribution in [2.45, 2.75) is 70.9 Å². The lowest BCUT2D eigenvalue weighted by molar-refractivity contribution is -0.138. The smallest absolute Gasteiger partial charge is 0.239 e. The molecule has 2 rings (SSSR count). The van der Waals surface area contributed by atoms with Crippen LogP contribution < -0.4 is 5.32 Å². The summed E-state index contributed by atoms with van der Waals surface area (Å²) in [5.74, 6) is 1.21. The molecule has 1 amide bonds. The molecule has 0 aromatic rings. The molecule has 1 aliphatic carbocycles. The fourth-order valence-corrected chi connectivity index (χ4v) is 3.48. The second kappa shape index (κ2) is 6.55. The molecule has 3 nitrogen and oxygen atoms in total. The summed E-state index contributed by atoms with van der Waals surface area (Å²) >= 11 is 0. The molecule has 3 atom stereocenters. The number of hydrogen-bond donors (Lipinski definition) is 1. The molecule has 104 valence electrons. The molecule has 18 heavy (non-hydrogen) atoms. The Morgan fingerprint density at radius 1 is 1.17 bits per heavy atom. The Hall–Kier alpha value is -0.570. The minimum Gasteiger partial charge on any atom is -0.338 e. The summed E-state index contributed by atoms with van der Waals surface area (Å²) in [4.78, 5) is 14.7. The molecule has 2 fully saturated rings. The van der Waals surface area contributed by atoms with E-state index >= 15 is 0 Å². The van der Waals surface area contributed by atoms with E-state index in [2.05, 4.69) is 24.1 Å². The zero-order chi connectivity index (χ0) is 13.0. The number of nitrogens with one attached hydrogen (secondary N) is 1. The van der Waals surface area contributed by atoms with Crippen LogP contribution in [0.15, 0.2) is 0 Å². The number of amides is 1. The van der Waals surface area contributed by atoms with Gasteiger partial charge in [-0.25, -0.2) is 0 Å².